The number of aromatic nitrogens is 3. The summed E-state index contributed by atoms with van der Waals surface area (Å²) in [7, 11) is 0. The molecule has 4 aromatic carbocycles. The molecule has 0 atom stereocenters. The predicted octanol–water partition coefficient (Wildman–Crippen LogP) is 11.3. The van der Waals surface area contributed by atoms with E-state index in [9.17, 15) is 0 Å². The van der Waals surface area contributed by atoms with E-state index in [0.717, 1.165) is 77.6 Å². The first kappa shape index (κ1) is 27.9. The minimum absolute atomic E-state index is 0.105. The Morgan fingerprint density at radius 1 is 0.533 bits per heavy atom. The van der Waals surface area contributed by atoms with Gasteiger partial charge in [-0.3, -0.25) is 0 Å². The summed E-state index contributed by atoms with van der Waals surface area (Å²) >= 11 is 0. The molecular weight excluding hydrogens is 554 g/mol. The van der Waals surface area contributed by atoms with Crippen molar-refractivity contribution >= 4 is 65.8 Å². The molecule has 0 bridgehead atoms. The van der Waals surface area contributed by atoms with Gasteiger partial charge in [0.25, 0.3) is 0 Å². The highest BCUT2D eigenvalue weighted by atomic mass is 16.3. The van der Waals surface area contributed by atoms with Gasteiger partial charge in [-0.1, -0.05) is 98.7 Å². The van der Waals surface area contributed by atoms with E-state index in [1.807, 2.05) is 12.1 Å². The first-order chi connectivity index (χ1) is 21.2. The van der Waals surface area contributed by atoms with Crippen molar-refractivity contribution in [2.75, 3.05) is 0 Å². The largest absolute Gasteiger partial charge is 0.456 e. The molecule has 5 heteroatoms. The van der Waals surface area contributed by atoms with Crippen molar-refractivity contribution in [3.8, 4) is 5.69 Å². The molecule has 0 aliphatic carbocycles. The van der Waals surface area contributed by atoms with E-state index in [0.29, 0.717) is 0 Å². The maximum atomic E-state index is 6.98. The minimum Gasteiger partial charge on any atom is -0.456 e. The zero-order valence-corrected chi connectivity index (χ0v) is 27.6. The molecule has 0 unspecified atom stereocenters. The zero-order valence-electron chi connectivity index (χ0n) is 27.6. The van der Waals surface area contributed by atoms with Crippen LogP contribution in [0.2, 0.25) is 0 Å². The lowest BCUT2D eigenvalue weighted by molar-refractivity contribution is 0.510. The van der Waals surface area contributed by atoms with Crippen LogP contribution in [0.3, 0.4) is 0 Å². The lowest BCUT2D eigenvalue weighted by Crippen LogP contribution is -2.21. The van der Waals surface area contributed by atoms with Crippen LogP contribution >= 0.6 is 0 Å². The molecule has 0 N–H and O–H groups in total. The summed E-state index contributed by atoms with van der Waals surface area (Å²) in [5.41, 5.74) is 9.10. The van der Waals surface area contributed by atoms with Gasteiger partial charge < -0.3 is 13.4 Å². The second-order valence-electron chi connectivity index (χ2n) is 15.6. The molecular formula is C40H39N3O2. The Hall–Kier alpha value is -4.64. The topological polar surface area (TPSA) is 57.0 Å². The molecule has 0 fully saturated rings. The Kier molecular flexibility index (Phi) is 5.56. The third-order valence-corrected chi connectivity index (χ3v) is 9.05. The van der Waals surface area contributed by atoms with Crippen LogP contribution in [-0.4, -0.2) is 14.5 Å². The van der Waals surface area contributed by atoms with Crippen LogP contribution in [0.1, 0.15) is 79.4 Å². The molecule has 4 heterocycles. The zero-order chi connectivity index (χ0) is 31.6. The monoisotopic (exact) mass is 593 g/mol. The van der Waals surface area contributed by atoms with E-state index in [-0.39, 0.29) is 16.2 Å². The number of benzene rings is 4. The first-order valence-electron chi connectivity index (χ1n) is 15.8. The summed E-state index contributed by atoms with van der Waals surface area (Å²) in [4.78, 5) is 10.4. The van der Waals surface area contributed by atoms with Crippen molar-refractivity contribution < 1.29 is 8.83 Å². The molecule has 8 rings (SSSR count). The van der Waals surface area contributed by atoms with Gasteiger partial charge in [0.15, 0.2) is 11.2 Å². The van der Waals surface area contributed by atoms with Crippen molar-refractivity contribution in [1.29, 1.82) is 0 Å². The Labute approximate surface area is 262 Å². The van der Waals surface area contributed by atoms with Gasteiger partial charge in [0, 0.05) is 37.8 Å². The van der Waals surface area contributed by atoms with Crippen LogP contribution in [0.25, 0.3) is 71.5 Å². The molecule has 0 radical (unpaired) electrons. The molecule has 4 aromatic heterocycles. The number of hydrogen-bond acceptors (Lipinski definition) is 4. The van der Waals surface area contributed by atoms with Gasteiger partial charge in [-0.2, -0.15) is 0 Å². The van der Waals surface area contributed by atoms with E-state index in [4.69, 9.17) is 18.8 Å². The summed E-state index contributed by atoms with van der Waals surface area (Å²) < 4.78 is 15.7. The highest BCUT2D eigenvalue weighted by Gasteiger charge is 2.30. The van der Waals surface area contributed by atoms with Crippen LogP contribution < -0.4 is 0 Å². The highest BCUT2D eigenvalue weighted by molar-refractivity contribution is 6.18. The molecule has 45 heavy (non-hydrogen) atoms. The molecule has 0 amide bonds. The SMILES string of the molecule is CC(C)(C)c1cc(-n2c3ccccc3c3cc4oc5ccccc5c4cc32)c2oc3c(C(C)(C)C)nc(C(C)(C)C)nc3c2c1. The Bertz CT molecular complexity index is 2480. The van der Waals surface area contributed by atoms with E-state index < -0.39 is 0 Å². The molecule has 0 spiro atoms. The van der Waals surface area contributed by atoms with E-state index in [2.05, 4.69) is 128 Å². The summed E-state index contributed by atoms with van der Waals surface area (Å²) in [5, 5.41) is 5.55. The summed E-state index contributed by atoms with van der Waals surface area (Å²) in [6.07, 6.45) is 0. The molecule has 0 saturated heterocycles. The van der Waals surface area contributed by atoms with E-state index in [1.165, 1.54) is 10.9 Å². The van der Waals surface area contributed by atoms with Crippen molar-refractivity contribution in [2.45, 2.75) is 78.6 Å². The van der Waals surface area contributed by atoms with Gasteiger partial charge in [0.1, 0.15) is 22.5 Å². The number of furan rings is 2. The van der Waals surface area contributed by atoms with Crippen molar-refractivity contribution in [3.05, 3.63) is 89.9 Å². The van der Waals surface area contributed by atoms with Crippen molar-refractivity contribution in [1.82, 2.24) is 14.5 Å². The molecule has 0 aliphatic heterocycles. The van der Waals surface area contributed by atoms with Crippen LogP contribution in [-0.2, 0) is 16.2 Å². The maximum Gasteiger partial charge on any atom is 0.176 e. The first-order valence-corrected chi connectivity index (χ1v) is 15.8. The second kappa shape index (κ2) is 8.97. The Balaban J connectivity index is 1.58. The molecule has 8 aromatic rings. The Morgan fingerprint density at radius 3 is 1.96 bits per heavy atom. The fourth-order valence-corrected chi connectivity index (χ4v) is 6.62. The van der Waals surface area contributed by atoms with Crippen LogP contribution in [0.4, 0.5) is 0 Å². The smallest absolute Gasteiger partial charge is 0.176 e. The third-order valence-electron chi connectivity index (χ3n) is 9.05. The van der Waals surface area contributed by atoms with Gasteiger partial charge in [-0.25, -0.2) is 9.97 Å². The van der Waals surface area contributed by atoms with Crippen molar-refractivity contribution in [2.24, 2.45) is 0 Å². The molecule has 5 nitrogen and oxygen atoms in total. The Morgan fingerprint density at radius 2 is 1.24 bits per heavy atom. The summed E-state index contributed by atoms with van der Waals surface area (Å²) in [5.74, 6) is 0.830. The van der Waals surface area contributed by atoms with Gasteiger partial charge in [-0.15, -0.1) is 0 Å². The molecule has 0 saturated carbocycles. The van der Waals surface area contributed by atoms with Crippen LogP contribution in [0, 0.1) is 0 Å². The van der Waals surface area contributed by atoms with Crippen molar-refractivity contribution in [3.63, 3.8) is 0 Å². The fraction of sp³-hybridized carbons (Fsp3) is 0.300. The molecule has 0 aliphatic rings. The average molecular weight is 594 g/mol. The summed E-state index contributed by atoms with van der Waals surface area (Å²) in [6, 6.07) is 26.0. The lowest BCUT2D eigenvalue weighted by Gasteiger charge is -2.22. The number of para-hydroxylation sites is 2. The highest BCUT2D eigenvalue weighted by Crippen LogP contribution is 2.44. The normalized spacial score (nSPS) is 13.4. The van der Waals surface area contributed by atoms with Gasteiger partial charge in [0.2, 0.25) is 0 Å². The second-order valence-corrected chi connectivity index (χ2v) is 15.6. The number of nitrogens with zero attached hydrogens (tertiary/aromatic N) is 3. The number of fused-ring (bicyclic) bond motifs is 9. The fourth-order valence-electron chi connectivity index (χ4n) is 6.62. The van der Waals surface area contributed by atoms with Gasteiger partial charge in [-0.05, 0) is 47.4 Å². The quantitative estimate of drug-likeness (QED) is 0.190. The van der Waals surface area contributed by atoms with E-state index >= 15 is 0 Å². The van der Waals surface area contributed by atoms with E-state index in [1.54, 1.807) is 0 Å². The summed E-state index contributed by atoms with van der Waals surface area (Å²) in [6.45, 7) is 19.9. The van der Waals surface area contributed by atoms with Crippen LogP contribution in [0.15, 0.2) is 81.6 Å². The third kappa shape index (κ3) is 4.13. The number of rotatable bonds is 1. The number of hydrogen-bond donors (Lipinski definition) is 0. The maximum absolute atomic E-state index is 6.98. The standard InChI is InChI=1S/C40H39N3O2/c1-38(2,3)22-18-27-33-35(36(39(4,5)6)42-37(41-33)40(7,8)9)45-34(27)30(19-22)43-28-16-12-10-14-23(28)25-21-32-26(20-29(25)43)24-15-11-13-17-31(24)44-32/h10-21H,1-9H3. The average Bonchev–Trinajstić information content (AvgIpc) is 3.63. The molecule has 226 valence electrons. The van der Waals surface area contributed by atoms with Crippen LogP contribution in [0.5, 0.6) is 0 Å². The van der Waals surface area contributed by atoms with Gasteiger partial charge >= 0.3 is 0 Å². The lowest BCUT2D eigenvalue weighted by atomic mass is 9.85. The van der Waals surface area contributed by atoms with Gasteiger partial charge in [0.05, 0.1) is 22.4 Å². The minimum atomic E-state index is -0.233. The predicted molar refractivity (Wildman–Crippen MR) is 187 cm³/mol.